The normalized spacial score (nSPS) is 16.0. The molecular formula is C25H21N7O3. The molecule has 0 saturated carbocycles. The quantitative estimate of drug-likeness (QED) is 0.388. The van der Waals surface area contributed by atoms with Crippen molar-refractivity contribution in [2.45, 2.75) is 6.10 Å². The van der Waals surface area contributed by atoms with E-state index in [1.807, 2.05) is 60.7 Å². The highest BCUT2D eigenvalue weighted by Gasteiger charge is 2.29. The number of hydrogen-bond donors (Lipinski definition) is 0. The molecule has 10 heteroatoms. The molecule has 2 aromatic carbocycles. The highest BCUT2D eigenvalue weighted by Crippen LogP contribution is 2.28. The van der Waals surface area contributed by atoms with Crippen LogP contribution in [0, 0.1) is 0 Å². The van der Waals surface area contributed by atoms with Crippen LogP contribution in [-0.4, -0.2) is 73.6 Å². The predicted molar refractivity (Wildman–Crippen MR) is 127 cm³/mol. The van der Waals surface area contributed by atoms with Crippen LogP contribution in [0.15, 0.2) is 72.9 Å². The Labute approximate surface area is 200 Å². The van der Waals surface area contributed by atoms with Gasteiger partial charge < -0.3 is 14.5 Å². The van der Waals surface area contributed by atoms with Crippen LogP contribution in [0.3, 0.4) is 0 Å². The molecule has 1 unspecified atom stereocenters. The number of carbonyl (C=O) groups is 1. The zero-order chi connectivity index (χ0) is 23.6. The number of ether oxygens (including phenoxy) is 1. The number of pyridine rings is 1. The highest BCUT2D eigenvalue weighted by atomic mass is 16.7. The van der Waals surface area contributed by atoms with Gasteiger partial charge in [-0.25, -0.2) is 4.98 Å². The number of carbonyl (C=O) groups excluding carboxylic acids is 1. The van der Waals surface area contributed by atoms with E-state index in [0.29, 0.717) is 47.6 Å². The number of rotatable bonds is 5. The van der Waals surface area contributed by atoms with Crippen molar-refractivity contribution in [3.05, 3.63) is 78.5 Å². The lowest BCUT2D eigenvalue weighted by atomic mass is 10.0. The molecule has 174 valence electrons. The van der Waals surface area contributed by atoms with Crippen LogP contribution in [0.1, 0.15) is 10.4 Å². The van der Waals surface area contributed by atoms with E-state index in [2.05, 4.69) is 25.5 Å². The van der Waals surface area contributed by atoms with Crippen molar-refractivity contribution in [3.63, 3.8) is 0 Å². The number of nitrogens with zero attached hydrogens (tertiary/aromatic N) is 7. The topological polar surface area (TPSA) is 108 Å². The first kappa shape index (κ1) is 21.1. The lowest BCUT2D eigenvalue weighted by Crippen LogP contribution is -2.48. The summed E-state index contributed by atoms with van der Waals surface area (Å²) < 4.78 is 5.88. The summed E-state index contributed by atoms with van der Waals surface area (Å²) >= 11 is 0. The number of amides is 1. The van der Waals surface area contributed by atoms with Crippen LogP contribution in [0.2, 0.25) is 0 Å². The van der Waals surface area contributed by atoms with Crippen molar-refractivity contribution < 1.29 is 14.4 Å². The maximum atomic E-state index is 13.9. The summed E-state index contributed by atoms with van der Waals surface area (Å²) in [5, 5.41) is 17.6. The van der Waals surface area contributed by atoms with Gasteiger partial charge in [0.05, 0.1) is 24.2 Å². The molecule has 1 aliphatic heterocycles. The summed E-state index contributed by atoms with van der Waals surface area (Å²) in [7, 11) is 0. The molecule has 0 aliphatic carbocycles. The van der Waals surface area contributed by atoms with Gasteiger partial charge in [-0.1, -0.05) is 53.4 Å². The van der Waals surface area contributed by atoms with Crippen LogP contribution in [0.5, 0.6) is 0 Å². The van der Waals surface area contributed by atoms with Gasteiger partial charge in [-0.2, -0.15) is 0 Å². The molecule has 1 saturated heterocycles. The molecule has 1 aliphatic rings. The fourth-order valence-electron chi connectivity index (χ4n) is 4.22. The number of fused-ring (bicyclic) bond motifs is 2. The average Bonchev–Trinajstić information content (AvgIpc) is 3.34. The minimum absolute atomic E-state index is 0.115. The zero-order valence-electron chi connectivity index (χ0n) is 18.7. The summed E-state index contributed by atoms with van der Waals surface area (Å²) in [5.41, 5.74) is 3.78. The molecule has 1 fully saturated rings. The molecule has 0 radical (unpaired) electrons. The monoisotopic (exact) mass is 467 g/mol. The fraction of sp³-hybridized carbons (Fsp3) is 0.200. The third-order valence-electron chi connectivity index (χ3n) is 5.92. The van der Waals surface area contributed by atoms with Gasteiger partial charge in [0.2, 0.25) is 5.65 Å². The van der Waals surface area contributed by atoms with Gasteiger partial charge in [-0.05, 0) is 23.4 Å². The molecule has 1 atom stereocenters. The first-order valence-electron chi connectivity index (χ1n) is 11.3. The van der Waals surface area contributed by atoms with Crippen molar-refractivity contribution >= 4 is 28.0 Å². The van der Waals surface area contributed by atoms with E-state index in [9.17, 15) is 4.79 Å². The van der Waals surface area contributed by atoms with E-state index in [1.165, 1.54) is 4.85 Å². The van der Waals surface area contributed by atoms with Crippen LogP contribution < -0.4 is 4.84 Å². The number of hydrogen-bond acceptors (Lipinski definition) is 8. The number of benzene rings is 2. The van der Waals surface area contributed by atoms with Crippen molar-refractivity contribution in [3.8, 4) is 11.3 Å². The summed E-state index contributed by atoms with van der Waals surface area (Å²) in [6.45, 7) is 1.42. The summed E-state index contributed by atoms with van der Waals surface area (Å²) in [5.74, 6) is -0.115. The molecular weight excluding hydrogens is 446 g/mol. The van der Waals surface area contributed by atoms with Gasteiger partial charge >= 0.3 is 0 Å². The Bertz CT molecular complexity index is 1510. The van der Waals surface area contributed by atoms with Crippen molar-refractivity contribution in [1.82, 2.24) is 35.2 Å². The minimum atomic E-state index is -0.336. The molecule has 0 bridgehead atoms. The smallest absolute Gasteiger partial charge is 0.257 e. The molecule has 6 rings (SSSR count). The molecule has 5 aromatic rings. The van der Waals surface area contributed by atoms with Crippen molar-refractivity contribution in [2.75, 3.05) is 26.3 Å². The van der Waals surface area contributed by atoms with Gasteiger partial charge in [0, 0.05) is 23.7 Å². The summed E-state index contributed by atoms with van der Waals surface area (Å²) in [6, 6.07) is 20.8. The second-order valence-corrected chi connectivity index (χ2v) is 8.16. The van der Waals surface area contributed by atoms with E-state index in [1.54, 1.807) is 17.2 Å². The van der Waals surface area contributed by atoms with E-state index in [-0.39, 0.29) is 18.6 Å². The Morgan fingerprint density at radius 3 is 2.71 bits per heavy atom. The Balaban J connectivity index is 1.27. The van der Waals surface area contributed by atoms with Crippen molar-refractivity contribution in [2.24, 2.45) is 0 Å². The second kappa shape index (κ2) is 9.07. The Kier molecular flexibility index (Phi) is 5.47. The predicted octanol–water partition coefficient (Wildman–Crippen LogP) is 2.41. The Hall–Kier alpha value is -4.44. The largest absolute Gasteiger partial charge is 0.391 e. The van der Waals surface area contributed by atoms with E-state index in [4.69, 9.17) is 9.57 Å². The van der Waals surface area contributed by atoms with Crippen molar-refractivity contribution in [1.29, 1.82) is 0 Å². The Morgan fingerprint density at radius 2 is 1.80 bits per heavy atom. The van der Waals surface area contributed by atoms with Crippen LogP contribution in [0.25, 0.3) is 33.3 Å². The first-order chi connectivity index (χ1) is 17.3. The van der Waals surface area contributed by atoms with Gasteiger partial charge in [0.15, 0.2) is 0 Å². The van der Waals surface area contributed by atoms with Gasteiger partial charge in [-0.3, -0.25) is 4.79 Å². The first-order valence-corrected chi connectivity index (χ1v) is 11.3. The van der Waals surface area contributed by atoms with E-state index >= 15 is 0 Å². The summed E-state index contributed by atoms with van der Waals surface area (Å²) in [4.78, 5) is 27.0. The van der Waals surface area contributed by atoms with E-state index < -0.39 is 0 Å². The van der Waals surface area contributed by atoms with Crippen LogP contribution in [-0.2, 0) is 4.74 Å². The van der Waals surface area contributed by atoms with Gasteiger partial charge in [-0.15, -0.1) is 15.3 Å². The van der Waals surface area contributed by atoms with E-state index in [0.717, 1.165) is 10.9 Å². The third-order valence-corrected chi connectivity index (χ3v) is 5.92. The molecule has 0 N–H and O–H groups in total. The molecule has 35 heavy (non-hydrogen) atoms. The highest BCUT2D eigenvalue weighted by molar-refractivity contribution is 6.10. The molecule has 10 nitrogen and oxygen atoms in total. The lowest BCUT2D eigenvalue weighted by molar-refractivity contribution is -0.0680. The molecule has 0 spiro atoms. The molecule has 1 amide bonds. The summed E-state index contributed by atoms with van der Waals surface area (Å²) in [6.07, 6.45) is 1.32. The lowest BCUT2D eigenvalue weighted by Gasteiger charge is -2.33. The maximum Gasteiger partial charge on any atom is 0.257 e. The van der Waals surface area contributed by atoms with Gasteiger partial charge in [0.1, 0.15) is 23.9 Å². The molecule has 4 heterocycles. The molecule has 3 aromatic heterocycles. The van der Waals surface area contributed by atoms with Crippen LogP contribution in [0.4, 0.5) is 0 Å². The minimum Gasteiger partial charge on any atom is -0.391 e. The third kappa shape index (κ3) is 4.04. The SMILES string of the molecule is O=C(c1c(-c2ccccc2)nnc2ccccc12)N1CCOC(COn2nnc3cccnc32)C1. The number of aromatic nitrogens is 6. The number of morpholine rings is 1. The Morgan fingerprint density at radius 1 is 0.971 bits per heavy atom. The fourth-order valence-corrected chi connectivity index (χ4v) is 4.22. The average molecular weight is 467 g/mol. The maximum absolute atomic E-state index is 13.9. The van der Waals surface area contributed by atoms with Crippen LogP contribution >= 0.6 is 0 Å². The zero-order valence-corrected chi connectivity index (χ0v) is 18.7. The van der Waals surface area contributed by atoms with Gasteiger partial charge in [0.25, 0.3) is 5.91 Å². The second-order valence-electron chi connectivity index (χ2n) is 8.16. The standard InChI is InChI=1S/C25H21N7O3/c33-25(22-19-9-4-5-10-20(19)27-29-23(22)17-7-2-1-3-8-17)31-13-14-34-18(15-31)16-35-32-24-21(28-30-32)11-6-12-26-24/h1-12,18H,13-16H2.